The number of benzene rings is 1. The molecule has 1 rings (SSSR count). The molecule has 0 radical (unpaired) electrons. The van der Waals surface area contributed by atoms with Gasteiger partial charge in [-0.15, -0.1) is 0 Å². The smallest absolute Gasteiger partial charge is 0.129 e. The summed E-state index contributed by atoms with van der Waals surface area (Å²) in [7, 11) is 0. The third-order valence-electron chi connectivity index (χ3n) is 2.55. The van der Waals surface area contributed by atoms with Crippen LogP contribution >= 0.6 is 15.9 Å². The summed E-state index contributed by atoms with van der Waals surface area (Å²) in [5.74, 6) is -0.332. The molecule has 0 heterocycles. The van der Waals surface area contributed by atoms with Crippen LogP contribution in [0, 0.1) is 17.1 Å². The number of nitriles is 1. The van der Waals surface area contributed by atoms with Gasteiger partial charge >= 0.3 is 0 Å². The van der Waals surface area contributed by atoms with Gasteiger partial charge in [0, 0.05) is 10.0 Å². The third kappa shape index (κ3) is 2.81. The quantitative estimate of drug-likeness (QED) is 0.846. The number of halogens is 2. The molecule has 1 atom stereocenters. The molecule has 1 aromatic rings. The van der Waals surface area contributed by atoms with Gasteiger partial charge in [-0.1, -0.05) is 29.8 Å². The molecule has 0 aliphatic carbocycles. The van der Waals surface area contributed by atoms with Gasteiger partial charge in [0.25, 0.3) is 0 Å². The highest BCUT2D eigenvalue weighted by Gasteiger charge is 2.20. The standard InChI is InChI=1S/C12H14BrFN2/c1-3-16(4-2)12(8-15)10-7-9(13)5-6-11(10)14/h5-7,12H,3-4H2,1-2H3. The third-order valence-corrected chi connectivity index (χ3v) is 3.05. The fraction of sp³-hybridized carbons (Fsp3) is 0.417. The van der Waals surface area contributed by atoms with E-state index in [0.717, 1.165) is 17.6 Å². The first-order valence-corrected chi connectivity index (χ1v) is 6.01. The predicted molar refractivity (Wildman–Crippen MR) is 65.4 cm³/mol. The van der Waals surface area contributed by atoms with Crippen LogP contribution < -0.4 is 0 Å². The fourth-order valence-electron chi connectivity index (χ4n) is 1.66. The average Bonchev–Trinajstić information content (AvgIpc) is 2.29. The van der Waals surface area contributed by atoms with Crippen molar-refractivity contribution in [1.29, 1.82) is 5.26 Å². The second-order valence-electron chi connectivity index (χ2n) is 3.42. The molecule has 0 aliphatic rings. The Morgan fingerprint density at radius 1 is 1.44 bits per heavy atom. The Balaban J connectivity index is 3.13. The molecule has 0 N–H and O–H groups in total. The van der Waals surface area contributed by atoms with E-state index in [2.05, 4.69) is 22.0 Å². The van der Waals surface area contributed by atoms with Crippen LogP contribution in [-0.2, 0) is 0 Å². The Bertz CT molecular complexity index is 396. The Morgan fingerprint density at radius 2 is 2.06 bits per heavy atom. The van der Waals surface area contributed by atoms with Gasteiger partial charge in [-0.2, -0.15) is 5.26 Å². The van der Waals surface area contributed by atoms with E-state index in [-0.39, 0.29) is 5.82 Å². The van der Waals surface area contributed by atoms with Crippen molar-refractivity contribution in [3.8, 4) is 6.07 Å². The second-order valence-corrected chi connectivity index (χ2v) is 4.33. The molecule has 0 spiro atoms. The molecule has 16 heavy (non-hydrogen) atoms. The molecule has 0 bridgehead atoms. The van der Waals surface area contributed by atoms with E-state index in [1.165, 1.54) is 6.07 Å². The minimum atomic E-state index is -0.521. The molecule has 1 unspecified atom stereocenters. The highest BCUT2D eigenvalue weighted by molar-refractivity contribution is 9.10. The van der Waals surface area contributed by atoms with E-state index < -0.39 is 6.04 Å². The molecule has 86 valence electrons. The van der Waals surface area contributed by atoms with Gasteiger partial charge in [0.05, 0.1) is 6.07 Å². The minimum absolute atomic E-state index is 0.332. The lowest BCUT2D eigenvalue weighted by atomic mass is 10.1. The first-order chi connectivity index (χ1) is 7.63. The van der Waals surface area contributed by atoms with Crippen LogP contribution in [0.25, 0.3) is 0 Å². The van der Waals surface area contributed by atoms with E-state index >= 15 is 0 Å². The fourth-order valence-corrected chi connectivity index (χ4v) is 2.04. The zero-order valence-electron chi connectivity index (χ0n) is 9.37. The Hall–Kier alpha value is -0.920. The van der Waals surface area contributed by atoms with Gasteiger partial charge in [0.15, 0.2) is 0 Å². The van der Waals surface area contributed by atoms with Crippen molar-refractivity contribution in [2.45, 2.75) is 19.9 Å². The van der Waals surface area contributed by atoms with Crippen LogP contribution in [0.2, 0.25) is 0 Å². The molecule has 2 nitrogen and oxygen atoms in total. The molecule has 0 amide bonds. The topological polar surface area (TPSA) is 27.0 Å². The van der Waals surface area contributed by atoms with Crippen LogP contribution in [0.1, 0.15) is 25.5 Å². The van der Waals surface area contributed by atoms with Crippen molar-refractivity contribution in [2.24, 2.45) is 0 Å². The highest BCUT2D eigenvalue weighted by Crippen LogP contribution is 2.25. The molecule has 0 saturated carbocycles. The van der Waals surface area contributed by atoms with E-state index in [1.807, 2.05) is 18.7 Å². The number of hydrogen-bond donors (Lipinski definition) is 0. The highest BCUT2D eigenvalue weighted by atomic mass is 79.9. The van der Waals surface area contributed by atoms with E-state index in [1.54, 1.807) is 12.1 Å². The van der Waals surface area contributed by atoms with Crippen LogP contribution in [0.5, 0.6) is 0 Å². The molecule has 4 heteroatoms. The largest absolute Gasteiger partial charge is 0.285 e. The Labute approximate surface area is 104 Å². The maximum atomic E-state index is 13.6. The average molecular weight is 285 g/mol. The van der Waals surface area contributed by atoms with Crippen LogP contribution in [0.15, 0.2) is 22.7 Å². The maximum absolute atomic E-state index is 13.6. The molecule has 0 saturated heterocycles. The minimum Gasteiger partial charge on any atom is -0.285 e. The summed E-state index contributed by atoms with van der Waals surface area (Å²) < 4.78 is 14.4. The van der Waals surface area contributed by atoms with Crippen LogP contribution in [0.4, 0.5) is 4.39 Å². The normalized spacial score (nSPS) is 12.5. The zero-order valence-corrected chi connectivity index (χ0v) is 11.0. The van der Waals surface area contributed by atoms with E-state index in [0.29, 0.717) is 5.56 Å². The molecule has 1 aromatic carbocycles. The van der Waals surface area contributed by atoms with Gasteiger partial charge in [-0.3, -0.25) is 4.90 Å². The van der Waals surface area contributed by atoms with Crippen molar-refractivity contribution >= 4 is 15.9 Å². The van der Waals surface area contributed by atoms with Crippen LogP contribution in [-0.4, -0.2) is 18.0 Å². The van der Waals surface area contributed by atoms with Gasteiger partial charge in [0.1, 0.15) is 11.9 Å². The van der Waals surface area contributed by atoms with E-state index in [4.69, 9.17) is 5.26 Å². The molecule has 0 aliphatic heterocycles. The summed E-state index contributed by atoms with van der Waals surface area (Å²) in [6.45, 7) is 5.37. The molecule has 0 fully saturated rings. The van der Waals surface area contributed by atoms with Crippen molar-refractivity contribution < 1.29 is 4.39 Å². The second kappa shape index (κ2) is 5.97. The monoisotopic (exact) mass is 284 g/mol. The molecular formula is C12H14BrFN2. The molecule has 0 aromatic heterocycles. The number of rotatable bonds is 4. The first-order valence-electron chi connectivity index (χ1n) is 5.22. The number of hydrogen-bond acceptors (Lipinski definition) is 2. The summed E-state index contributed by atoms with van der Waals surface area (Å²) in [5, 5.41) is 9.15. The van der Waals surface area contributed by atoms with Crippen molar-refractivity contribution in [3.05, 3.63) is 34.1 Å². The lowest BCUT2D eigenvalue weighted by molar-refractivity contribution is 0.258. The summed E-state index contributed by atoms with van der Waals surface area (Å²) >= 11 is 3.29. The first kappa shape index (κ1) is 13.1. The summed E-state index contributed by atoms with van der Waals surface area (Å²) in [6.07, 6.45) is 0. The number of nitrogens with zero attached hydrogens (tertiary/aromatic N) is 2. The lowest BCUT2D eigenvalue weighted by Crippen LogP contribution is -2.28. The Morgan fingerprint density at radius 3 is 2.56 bits per heavy atom. The Kier molecular flexibility index (Phi) is 4.91. The predicted octanol–water partition coefficient (Wildman–Crippen LogP) is 3.49. The SMILES string of the molecule is CCN(CC)C(C#N)c1cc(Br)ccc1F. The summed E-state index contributed by atoms with van der Waals surface area (Å²) in [4.78, 5) is 1.92. The summed E-state index contributed by atoms with van der Waals surface area (Å²) in [5.41, 5.74) is 0.431. The van der Waals surface area contributed by atoms with Crippen LogP contribution in [0.3, 0.4) is 0 Å². The van der Waals surface area contributed by atoms with Crippen molar-refractivity contribution in [2.75, 3.05) is 13.1 Å². The zero-order chi connectivity index (χ0) is 12.1. The van der Waals surface area contributed by atoms with Gasteiger partial charge in [-0.05, 0) is 31.3 Å². The van der Waals surface area contributed by atoms with Gasteiger partial charge in [0.2, 0.25) is 0 Å². The maximum Gasteiger partial charge on any atom is 0.129 e. The van der Waals surface area contributed by atoms with E-state index in [9.17, 15) is 4.39 Å². The summed E-state index contributed by atoms with van der Waals surface area (Å²) in [6, 6.07) is 6.32. The van der Waals surface area contributed by atoms with Crippen molar-refractivity contribution in [3.63, 3.8) is 0 Å². The molecular weight excluding hydrogens is 271 g/mol. The van der Waals surface area contributed by atoms with Gasteiger partial charge in [-0.25, -0.2) is 4.39 Å². The van der Waals surface area contributed by atoms with Crippen molar-refractivity contribution in [1.82, 2.24) is 4.90 Å². The lowest BCUT2D eigenvalue weighted by Gasteiger charge is -2.24. The van der Waals surface area contributed by atoms with Gasteiger partial charge < -0.3 is 0 Å².